The zero-order chi connectivity index (χ0) is 25.9. The Morgan fingerprint density at radius 2 is 2.08 bits per heavy atom. The molecule has 0 saturated carbocycles. The van der Waals surface area contributed by atoms with Crippen molar-refractivity contribution in [2.75, 3.05) is 22.5 Å². The quantitative estimate of drug-likeness (QED) is 0.344. The summed E-state index contributed by atoms with van der Waals surface area (Å²) in [4.78, 5) is 33.0. The van der Waals surface area contributed by atoms with E-state index in [2.05, 4.69) is 45.1 Å². The standard InChI is InChI=1S/C25H23ClFN7O2/c1-25(2)9-8-20(35)32-19-7-6-14(12-16(19)25)31-24-30-13-17(26)22(34-24)33-21-15(4-3-5-18(21)27)23(36)29-11-10-28/h3-7,12-13H,8-9,11H2,1-2H3,(H,29,36)(H,32,35)(H2,30,31,33,34). The lowest BCUT2D eigenvalue weighted by Crippen LogP contribution is -2.24. The number of nitrogens with zero attached hydrogens (tertiary/aromatic N) is 3. The number of nitrogens with one attached hydrogen (secondary N) is 4. The van der Waals surface area contributed by atoms with E-state index in [4.69, 9.17) is 16.9 Å². The number of carbonyl (C=O) groups is 2. The van der Waals surface area contributed by atoms with Gasteiger partial charge in [0.15, 0.2) is 5.82 Å². The van der Waals surface area contributed by atoms with Crippen LogP contribution in [0.15, 0.2) is 42.6 Å². The second kappa shape index (κ2) is 10.2. The summed E-state index contributed by atoms with van der Waals surface area (Å²) in [6, 6.07) is 11.3. The first kappa shape index (κ1) is 24.9. The van der Waals surface area contributed by atoms with Gasteiger partial charge >= 0.3 is 0 Å². The van der Waals surface area contributed by atoms with Crippen LogP contribution in [-0.2, 0) is 10.2 Å². The number of anilines is 5. The Morgan fingerprint density at radius 1 is 1.28 bits per heavy atom. The third-order valence-electron chi connectivity index (χ3n) is 5.83. The molecule has 2 amide bonds. The van der Waals surface area contributed by atoms with Gasteiger partial charge in [-0.15, -0.1) is 0 Å². The van der Waals surface area contributed by atoms with Gasteiger partial charge in [-0.2, -0.15) is 10.2 Å². The number of halogens is 2. The van der Waals surface area contributed by atoms with E-state index in [0.717, 1.165) is 11.3 Å². The molecule has 184 valence electrons. The Kier molecular flexibility index (Phi) is 7.03. The molecule has 9 nitrogen and oxygen atoms in total. The number of fused-ring (bicyclic) bond motifs is 1. The number of benzene rings is 2. The fourth-order valence-electron chi connectivity index (χ4n) is 3.88. The van der Waals surface area contributed by atoms with Gasteiger partial charge in [-0.05, 0) is 47.7 Å². The van der Waals surface area contributed by atoms with Crippen LogP contribution in [0.25, 0.3) is 0 Å². The first-order valence-corrected chi connectivity index (χ1v) is 11.5. The van der Waals surface area contributed by atoms with Crippen molar-refractivity contribution in [3.63, 3.8) is 0 Å². The zero-order valence-corrected chi connectivity index (χ0v) is 20.3. The van der Waals surface area contributed by atoms with E-state index in [-0.39, 0.29) is 45.9 Å². The van der Waals surface area contributed by atoms with Crippen LogP contribution in [0.4, 0.5) is 33.2 Å². The van der Waals surface area contributed by atoms with E-state index in [1.54, 1.807) is 12.1 Å². The average molecular weight is 508 g/mol. The Bertz CT molecular complexity index is 1390. The van der Waals surface area contributed by atoms with Gasteiger partial charge in [0.25, 0.3) is 5.91 Å². The number of hydrogen-bond donors (Lipinski definition) is 4. The highest BCUT2D eigenvalue weighted by Crippen LogP contribution is 2.38. The molecule has 0 radical (unpaired) electrons. The summed E-state index contributed by atoms with van der Waals surface area (Å²) in [5.41, 5.74) is 2.05. The predicted octanol–water partition coefficient (Wildman–Crippen LogP) is 5.02. The van der Waals surface area contributed by atoms with Crippen molar-refractivity contribution in [2.45, 2.75) is 32.1 Å². The number of nitriles is 1. The molecule has 0 saturated heterocycles. The van der Waals surface area contributed by atoms with Gasteiger partial charge in [0, 0.05) is 17.8 Å². The van der Waals surface area contributed by atoms with Gasteiger partial charge in [0.05, 0.1) is 23.5 Å². The van der Waals surface area contributed by atoms with Gasteiger partial charge < -0.3 is 21.3 Å². The highest BCUT2D eigenvalue weighted by molar-refractivity contribution is 6.33. The summed E-state index contributed by atoms with van der Waals surface area (Å²) in [6.45, 7) is 3.93. The van der Waals surface area contributed by atoms with Crippen molar-refractivity contribution < 1.29 is 14.0 Å². The van der Waals surface area contributed by atoms with Crippen LogP contribution in [0.1, 0.15) is 42.6 Å². The van der Waals surface area contributed by atoms with Crippen molar-refractivity contribution in [1.29, 1.82) is 5.26 Å². The Labute approximate surface area is 212 Å². The van der Waals surface area contributed by atoms with E-state index < -0.39 is 11.7 Å². The summed E-state index contributed by atoms with van der Waals surface area (Å²) in [7, 11) is 0. The average Bonchev–Trinajstić information content (AvgIpc) is 2.96. The lowest BCUT2D eigenvalue weighted by molar-refractivity contribution is -0.116. The molecular formula is C25H23ClFN7O2. The van der Waals surface area contributed by atoms with E-state index in [1.165, 1.54) is 24.4 Å². The second-order valence-corrected chi connectivity index (χ2v) is 9.24. The van der Waals surface area contributed by atoms with Crippen LogP contribution in [0.2, 0.25) is 5.02 Å². The maximum Gasteiger partial charge on any atom is 0.254 e. The van der Waals surface area contributed by atoms with Crippen molar-refractivity contribution in [2.24, 2.45) is 0 Å². The van der Waals surface area contributed by atoms with E-state index in [0.29, 0.717) is 18.5 Å². The Hall–Kier alpha value is -4.23. The SMILES string of the molecule is CC1(C)CCC(=O)Nc2ccc(Nc3ncc(Cl)c(Nc4c(F)cccc4C(=O)NCC#N)n3)cc21. The summed E-state index contributed by atoms with van der Waals surface area (Å²) >= 11 is 6.26. The van der Waals surface area contributed by atoms with Crippen LogP contribution in [0.5, 0.6) is 0 Å². The fourth-order valence-corrected chi connectivity index (χ4v) is 4.02. The molecule has 2 aromatic carbocycles. The maximum absolute atomic E-state index is 14.7. The van der Waals surface area contributed by atoms with Crippen LogP contribution < -0.4 is 21.3 Å². The first-order chi connectivity index (χ1) is 17.2. The van der Waals surface area contributed by atoms with Crippen LogP contribution in [-0.4, -0.2) is 28.3 Å². The van der Waals surface area contributed by atoms with Crippen LogP contribution in [0, 0.1) is 17.1 Å². The van der Waals surface area contributed by atoms with Gasteiger partial charge in [-0.3, -0.25) is 9.59 Å². The van der Waals surface area contributed by atoms with Gasteiger partial charge in [-0.1, -0.05) is 31.5 Å². The summed E-state index contributed by atoms with van der Waals surface area (Å²) < 4.78 is 14.7. The third kappa shape index (κ3) is 5.37. The minimum Gasteiger partial charge on any atom is -0.339 e. The lowest BCUT2D eigenvalue weighted by atomic mass is 9.80. The van der Waals surface area contributed by atoms with E-state index in [1.807, 2.05) is 12.1 Å². The fraction of sp³-hybridized carbons (Fsp3) is 0.240. The highest BCUT2D eigenvalue weighted by atomic mass is 35.5. The molecule has 0 bridgehead atoms. The van der Waals surface area contributed by atoms with Crippen molar-refractivity contribution in [3.05, 3.63) is 64.6 Å². The van der Waals surface area contributed by atoms with Crippen LogP contribution >= 0.6 is 11.6 Å². The first-order valence-electron chi connectivity index (χ1n) is 11.1. The second-order valence-electron chi connectivity index (χ2n) is 8.84. The Balaban J connectivity index is 1.62. The van der Waals surface area contributed by atoms with Gasteiger partial charge in [0.2, 0.25) is 11.9 Å². The third-order valence-corrected chi connectivity index (χ3v) is 6.11. The summed E-state index contributed by atoms with van der Waals surface area (Å²) in [5.74, 6) is -1.08. The Morgan fingerprint density at radius 3 is 2.86 bits per heavy atom. The molecule has 3 aromatic rings. The monoisotopic (exact) mass is 507 g/mol. The molecule has 0 spiro atoms. The molecule has 36 heavy (non-hydrogen) atoms. The molecule has 0 atom stereocenters. The molecule has 0 aliphatic carbocycles. The van der Waals surface area contributed by atoms with E-state index >= 15 is 0 Å². The van der Waals surface area contributed by atoms with Gasteiger partial charge in [0.1, 0.15) is 17.4 Å². The number of hydrogen-bond acceptors (Lipinski definition) is 7. The van der Waals surface area contributed by atoms with E-state index in [9.17, 15) is 14.0 Å². The van der Waals surface area contributed by atoms with Crippen molar-refractivity contribution >= 4 is 52.2 Å². The minimum atomic E-state index is -0.696. The number of amides is 2. The molecule has 2 heterocycles. The predicted molar refractivity (Wildman–Crippen MR) is 135 cm³/mol. The number of para-hydroxylation sites is 1. The molecular weight excluding hydrogens is 485 g/mol. The molecule has 1 aliphatic rings. The molecule has 1 aromatic heterocycles. The smallest absolute Gasteiger partial charge is 0.254 e. The number of carbonyl (C=O) groups excluding carboxylic acids is 2. The van der Waals surface area contributed by atoms with Crippen molar-refractivity contribution in [1.82, 2.24) is 15.3 Å². The molecule has 0 fully saturated rings. The molecule has 1 aliphatic heterocycles. The molecule has 4 rings (SSSR count). The summed E-state index contributed by atoms with van der Waals surface area (Å²) in [5, 5.41) is 20.0. The number of rotatable bonds is 6. The molecule has 4 N–H and O–H groups in total. The van der Waals surface area contributed by atoms with Crippen LogP contribution in [0.3, 0.4) is 0 Å². The normalized spacial score (nSPS) is 14.0. The summed E-state index contributed by atoms with van der Waals surface area (Å²) in [6.07, 6.45) is 2.49. The topological polar surface area (TPSA) is 132 Å². The largest absolute Gasteiger partial charge is 0.339 e. The minimum absolute atomic E-state index is 0.00975. The lowest BCUT2D eigenvalue weighted by Gasteiger charge is -2.25. The zero-order valence-electron chi connectivity index (χ0n) is 19.6. The highest BCUT2D eigenvalue weighted by Gasteiger charge is 2.29. The van der Waals surface area contributed by atoms with Gasteiger partial charge in [-0.25, -0.2) is 9.37 Å². The van der Waals surface area contributed by atoms with Crippen molar-refractivity contribution in [3.8, 4) is 6.07 Å². The molecule has 0 unspecified atom stereocenters. The maximum atomic E-state index is 14.7. The number of aromatic nitrogens is 2. The molecule has 11 heteroatoms.